The molecular formula is C42H38FeN6O8+3. The van der Waals surface area contributed by atoms with Crippen LogP contribution in [0.25, 0.3) is 50.4 Å². The molecule has 289 valence electrons. The van der Waals surface area contributed by atoms with E-state index in [9.17, 15) is 28.8 Å². The number of carbonyl (C=O) groups is 6. The molecule has 0 aromatic carbocycles. The molecule has 57 heavy (non-hydrogen) atoms. The van der Waals surface area contributed by atoms with Crippen LogP contribution in [0.5, 0.6) is 0 Å². The van der Waals surface area contributed by atoms with Crippen LogP contribution in [0.4, 0.5) is 0 Å². The Balaban J connectivity index is 0.00000549. The quantitative estimate of drug-likeness (QED) is 0.178. The molecule has 0 saturated carbocycles. The molecule has 3 aromatic rings. The number of imide groups is 2. The molecule has 1 radical (unpaired) electrons. The molecule has 7 heterocycles. The molecule has 0 atom stereocenters. The van der Waals surface area contributed by atoms with Gasteiger partial charge in [0, 0.05) is 31.3 Å². The summed E-state index contributed by atoms with van der Waals surface area (Å²) in [6, 6.07) is 7.42. The van der Waals surface area contributed by atoms with E-state index < -0.39 is 35.6 Å². The maximum Gasteiger partial charge on any atom is 5.00 e. The van der Waals surface area contributed by atoms with E-state index >= 15 is 0 Å². The van der Waals surface area contributed by atoms with E-state index in [0.29, 0.717) is 66.1 Å². The minimum absolute atomic E-state index is 0. The zero-order chi connectivity index (χ0) is 40.0. The van der Waals surface area contributed by atoms with Gasteiger partial charge >= 0.3 is 29.0 Å². The zero-order valence-electron chi connectivity index (χ0n) is 31.8. The van der Waals surface area contributed by atoms with Crippen molar-refractivity contribution in [1.29, 1.82) is 0 Å². The van der Waals surface area contributed by atoms with Gasteiger partial charge in [-0.25, -0.2) is 19.6 Å². The van der Waals surface area contributed by atoms with Crippen molar-refractivity contribution in [3.8, 4) is 0 Å². The van der Waals surface area contributed by atoms with Gasteiger partial charge in [0.2, 0.25) is 0 Å². The van der Waals surface area contributed by atoms with E-state index in [1.54, 1.807) is 18.2 Å². The second-order valence-electron chi connectivity index (χ2n) is 13.9. The number of rotatable bonds is 10. The first kappa shape index (κ1) is 40.5. The number of nitrogens with zero attached hydrogens (tertiary/aromatic N) is 6. The van der Waals surface area contributed by atoms with Crippen LogP contribution in [0.1, 0.15) is 104 Å². The fourth-order valence-electron chi connectivity index (χ4n) is 7.21. The largest absolute Gasteiger partial charge is 5.00 e. The van der Waals surface area contributed by atoms with Gasteiger partial charge in [-0.15, -0.1) is 32.2 Å². The maximum atomic E-state index is 13.0. The molecule has 0 unspecified atom stereocenters. The van der Waals surface area contributed by atoms with Crippen molar-refractivity contribution in [2.75, 3.05) is 0 Å². The molecule has 2 saturated heterocycles. The summed E-state index contributed by atoms with van der Waals surface area (Å²) in [5.41, 5.74) is 11.2. The number of aromatic nitrogens is 4. The predicted molar refractivity (Wildman–Crippen MR) is 206 cm³/mol. The molecule has 4 amide bonds. The van der Waals surface area contributed by atoms with Crippen molar-refractivity contribution in [3.63, 3.8) is 0 Å². The Labute approximate surface area is 338 Å². The first-order valence-corrected chi connectivity index (χ1v) is 18.2. The van der Waals surface area contributed by atoms with Crippen molar-refractivity contribution >= 4 is 86.0 Å². The number of hydrogen-bond acceptors (Lipinski definition) is 10. The SMILES string of the molecule is C=CC1=C(C)c2cc3[n-]c(cc4nc(cc5[n-]c(cc1n2)c(C)c5CCC(=O)ON1C(=O)CCC1=O)C(CCC(=O)ON1C(=O)CCC1=O)=C4C)c(C)c3C=C.[Fe+5]. The van der Waals surface area contributed by atoms with Gasteiger partial charge in [0.05, 0.1) is 35.6 Å². The Morgan fingerprint density at radius 2 is 1.12 bits per heavy atom. The molecule has 4 aliphatic heterocycles. The Bertz CT molecular complexity index is 2530. The molecule has 0 spiro atoms. The second kappa shape index (κ2) is 16.1. The minimum Gasteiger partial charge on any atom is -0.657 e. The average molecular weight is 811 g/mol. The van der Waals surface area contributed by atoms with Crippen LogP contribution < -0.4 is 9.97 Å². The third-order valence-corrected chi connectivity index (χ3v) is 10.4. The summed E-state index contributed by atoms with van der Waals surface area (Å²) in [4.78, 5) is 105. The molecule has 0 N–H and O–H groups in total. The average Bonchev–Trinajstić information content (AvgIpc) is 3.96. The third kappa shape index (κ3) is 7.68. The first-order chi connectivity index (χ1) is 26.8. The Hall–Kier alpha value is -6.18. The fourth-order valence-corrected chi connectivity index (χ4v) is 7.21. The van der Waals surface area contributed by atoms with Gasteiger partial charge < -0.3 is 19.6 Å². The number of hydrogen-bond donors (Lipinski definition) is 0. The van der Waals surface area contributed by atoms with Gasteiger partial charge in [-0.3, -0.25) is 19.2 Å². The van der Waals surface area contributed by atoms with Gasteiger partial charge in [0.15, 0.2) is 0 Å². The smallest absolute Gasteiger partial charge is 0.657 e. The van der Waals surface area contributed by atoms with E-state index in [1.165, 1.54) is 0 Å². The summed E-state index contributed by atoms with van der Waals surface area (Å²) >= 11 is 0. The summed E-state index contributed by atoms with van der Waals surface area (Å²) in [7, 11) is 0. The van der Waals surface area contributed by atoms with Gasteiger partial charge in [-0.1, -0.05) is 66.3 Å². The summed E-state index contributed by atoms with van der Waals surface area (Å²) < 4.78 is 0. The van der Waals surface area contributed by atoms with E-state index in [0.717, 1.165) is 33.4 Å². The number of hydroxylamine groups is 4. The molecule has 15 heteroatoms. The van der Waals surface area contributed by atoms with Crippen LogP contribution in [-0.2, 0) is 61.9 Å². The van der Waals surface area contributed by atoms with E-state index in [-0.39, 0.29) is 68.4 Å². The van der Waals surface area contributed by atoms with E-state index in [1.807, 2.05) is 45.9 Å². The number of allylic oxidation sites excluding steroid dienone is 5. The van der Waals surface area contributed by atoms with E-state index in [2.05, 4.69) is 13.2 Å². The van der Waals surface area contributed by atoms with Crippen LogP contribution in [0.15, 0.2) is 43.5 Å². The standard InChI is InChI=1S/C42H38N6O8.Fe/c1-7-25-21(3)29-17-30-23(5)27(9-15-41(53)55-47-37(49)11-12-38(47)50)35(45-30)20-36-28(10-16-42(54)56-48-39(51)13-14-40(48)52)24(6)32(46-36)19-34-26(8-2)22(4)31(44-34)18-33(25)43-29;/h7-8,17-20H,1-2,9-16H2,3-6H3;/q-2;+5. The Morgan fingerprint density at radius 1 is 0.649 bits per heavy atom. The van der Waals surface area contributed by atoms with Crippen molar-refractivity contribution in [2.24, 2.45) is 0 Å². The van der Waals surface area contributed by atoms with Crippen LogP contribution in [0.2, 0.25) is 0 Å². The number of carbonyl (C=O) groups excluding carboxylic acids is 6. The van der Waals surface area contributed by atoms with Gasteiger partial charge in [-0.05, 0) is 62.8 Å². The van der Waals surface area contributed by atoms with Gasteiger partial charge in [-0.2, -0.15) is 0 Å². The van der Waals surface area contributed by atoms with Gasteiger partial charge in [0.1, 0.15) is 0 Å². The van der Waals surface area contributed by atoms with Crippen molar-refractivity contribution in [1.82, 2.24) is 30.1 Å². The minimum atomic E-state index is -0.754. The fraction of sp³-hybridized carbons (Fsp3) is 0.286. The molecule has 14 nitrogen and oxygen atoms in total. The topological polar surface area (TPSA) is 181 Å². The van der Waals surface area contributed by atoms with Crippen LogP contribution in [0.3, 0.4) is 0 Å². The second-order valence-corrected chi connectivity index (χ2v) is 13.9. The first-order valence-electron chi connectivity index (χ1n) is 18.2. The zero-order valence-corrected chi connectivity index (χ0v) is 32.9. The van der Waals surface area contributed by atoms with E-state index in [4.69, 9.17) is 29.6 Å². The van der Waals surface area contributed by atoms with Crippen molar-refractivity contribution in [3.05, 3.63) is 88.5 Å². The molecule has 3 aromatic heterocycles. The number of amides is 4. The third-order valence-electron chi connectivity index (χ3n) is 10.4. The molecule has 8 bridgehead atoms. The Morgan fingerprint density at radius 3 is 1.70 bits per heavy atom. The number of aryl methyl sites for hydroxylation is 3. The van der Waals surface area contributed by atoms with Crippen LogP contribution >= 0.6 is 0 Å². The van der Waals surface area contributed by atoms with Crippen molar-refractivity contribution < 1.29 is 55.5 Å². The molecule has 2 fully saturated rings. The van der Waals surface area contributed by atoms with Crippen LogP contribution in [0, 0.1) is 13.8 Å². The maximum absolute atomic E-state index is 13.0. The molecular weight excluding hydrogens is 772 g/mol. The van der Waals surface area contributed by atoms with Crippen molar-refractivity contribution in [2.45, 2.75) is 79.1 Å². The van der Waals surface area contributed by atoms with Gasteiger partial charge in [0.25, 0.3) is 23.6 Å². The number of fused-ring (bicyclic) bond motifs is 8. The predicted octanol–water partition coefficient (Wildman–Crippen LogP) is 5.80. The molecule has 7 rings (SSSR count). The summed E-state index contributed by atoms with van der Waals surface area (Å²) in [6.07, 6.45) is 3.40. The summed E-state index contributed by atoms with van der Waals surface area (Å²) in [5, 5.41) is 1.05. The summed E-state index contributed by atoms with van der Waals surface area (Å²) in [6.45, 7) is 15.8. The normalized spacial score (nSPS) is 15.4. The summed E-state index contributed by atoms with van der Waals surface area (Å²) in [5.74, 6) is -3.78. The Kier molecular flexibility index (Phi) is 11.4. The monoisotopic (exact) mass is 810 g/mol. The molecule has 4 aliphatic rings. The van der Waals surface area contributed by atoms with Crippen LogP contribution in [-0.4, -0.2) is 55.7 Å². The molecule has 0 aliphatic carbocycles.